The molecule has 3 rings (SSSR count). The van der Waals surface area contributed by atoms with Gasteiger partial charge in [0.15, 0.2) is 0 Å². The number of amides is 2. The maximum Gasteiger partial charge on any atom is 0.248 e. The predicted molar refractivity (Wildman–Crippen MR) is 77.0 cm³/mol. The Kier molecular flexibility index (Phi) is 3.08. The summed E-state index contributed by atoms with van der Waals surface area (Å²) in [6.45, 7) is 0. The minimum Gasteiger partial charge on any atom is -0.457 e. The normalized spacial score (nSPS) is 16.2. The van der Waals surface area contributed by atoms with E-state index in [9.17, 15) is 9.59 Å². The van der Waals surface area contributed by atoms with E-state index in [4.69, 9.17) is 16.2 Å². The second-order valence-corrected chi connectivity index (χ2v) is 4.71. The Bertz CT molecular complexity index is 725. The smallest absolute Gasteiger partial charge is 0.248 e. The molecule has 1 atom stereocenters. The number of hydrogen-bond acceptors (Lipinski definition) is 4. The van der Waals surface area contributed by atoms with E-state index >= 15 is 0 Å². The van der Waals surface area contributed by atoms with Gasteiger partial charge in [-0.05, 0) is 30.3 Å². The summed E-state index contributed by atoms with van der Waals surface area (Å²) in [6, 6.07) is 11.0. The molecular weight excluding hydrogens is 270 g/mol. The SMILES string of the molecule is NC(=O)c1ccc(Oc2ccc3c(c2)NC(=O)C3N)cc1. The Morgan fingerprint density at radius 3 is 2.43 bits per heavy atom. The van der Waals surface area contributed by atoms with E-state index in [-0.39, 0.29) is 5.91 Å². The molecule has 2 aromatic carbocycles. The third kappa shape index (κ3) is 2.44. The van der Waals surface area contributed by atoms with Gasteiger partial charge in [-0.2, -0.15) is 0 Å². The van der Waals surface area contributed by atoms with Gasteiger partial charge in [0.1, 0.15) is 17.5 Å². The van der Waals surface area contributed by atoms with Crippen molar-refractivity contribution in [2.75, 3.05) is 5.32 Å². The molecule has 0 fully saturated rings. The number of primary amides is 1. The molecule has 2 amide bonds. The summed E-state index contributed by atoms with van der Waals surface area (Å²) >= 11 is 0. The van der Waals surface area contributed by atoms with E-state index in [0.717, 1.165) is 5.56 Å². The van der Waals surface area contributed by atoms with Crippen LogP contribution in [-0.4, -0.2) is 11.8 Å². The maximum absolute atomic E-state index is 11.5. The first-order valence-electron chi connectivity index (χ1n) is 6.33. The van der Waals surface area contributed by atoms with Crippen molar-refractivity contribution < 1.29 is 14.3 Å². The van der Waals surface area contributed by atoms with Crippen LogP contribution in [0.15, 0.2) is 42.5 Å². The second kappa shape index (κ2) is 4.92. The molecule has 5 N–H and O–H groups in total. The molecule has 0 spiro atoms. The molecule has 0 saturated heterocycles. The van der Waals surface area contributed by atoms with Crippen LogP contribution in [0.4, 0.5) is 5.69 Å². The van der Waals surface area contributed by atoms with Crippen molar-refractivity contribution in [2.24, 2.45) is 11.5 Å². The van der Waals surface area contributed by atoms with Crippen LogP contribution in [0.25, 0.3) is 0 Å². The van der Waals surface area contributed by atoms with Crippen LogP contribution >= 0.6 is 0 Å². The zero-order valence-electron chi connectivity index (χ0n) is 11.0. The summed E-state index contributed by atoms with van der Waals surface area (Å²) in [6.07, 6.45) is 0. The maximum atomic E-state index is 11.5. The summed E-state index contributed by atoms with van der Waals surface area (Å²) in [5.74, 6) is 0.410. The third-order valence-corrected chi connectivity index (χ3v) is 3.27. The lowest BCUT2D eigenvalue weighted by Crippen LogP contribution is -2.19. The molecular formula is C15H13N3O3. The van der Waals surface area contributed by atoms with Crippen molar-refractivity contribution in [3.63, 3.8) is 0 Å². The zero-order chi connectivity index (χ0) is 15.0. The zero-order valence-corrected chi connectivity index (χ0v) is 11.0. The van der Waals surface area contributed by atoms with Gasteiger partial charge in [-0.25, -0.2) is 0 Å². The van der Waals surface area contributed by atoms with Gasteiger partial charge in [0.2, 0.25) is 11.8 Å². The van der Waals surface area contributed by atoms with Crippen molar-refractivity contribution in [3.8, 4) is 11.5 Å². The lowest BCUT2D eigenvalue weighted by Gasteiger charge is -2.08. The number of benzene rings is 2. The highest BCUT2D eigenvalue weighted by Crippen LogP contribution is 2.33. The van der Waals surface area contributed by atoms with Crippen LogP contribution in [0.1, 0.15) is 22.0 Å². The molecule has 6 heteroatoms. The highest BCUT2D eigenvalue weighted by molar-refractivity contribution is 6.02. The number of carbonyl (C=O) groups is 2. The average Bonchev–Trinajstić information content (AvgIpc) is 2.74. The Hall–Kier alpha value is -2.86. The van der Waals surface area contributed by atoms with Crippen LogP contribution in [0.3, 0.4) is 0 Å². The molecule has 0 aliphatic carbocycles. The van der Waals surface area contributed by atoms with Crippen LogP contribution in [0.2, 0.25) is 0 Å². The van der Waals surface area contributed by atoms with Crippen LogP contribution < -0.4 is 21.5 Å². The van der Waals surface area contributed by atoms with Crippen molar-refractivity contribution >= 4 is 17.5 Å². The quantitative estimate of drug-likeness (QED) is 0.793. The molecule has 0 bridgehead atoms. The standard InChI is InChI=1S/C15H13N3O3/c16-13-11-6-5-10(7-12(11)18-15(13)20)21-9-3-1-8(2-4-9)14(17)19/h1-7,13H,16H2,(H2,17,19)(H,18,20). The minimum atomic E-state index is -0.635. The van der Waals surface area contributed by atoms with E-state index in [2.05, 4.69) is 5.32 Å². The van der Waals surface area contributed by atoms with Gasteiger partial charge in [0, 0.05) is 22.9 Å². The summed E-state index contributed by atoms with van der Waals surface area (Å²) in [7, 11) is 0. The number of hydrogen-bond donors (Lipinski definition) is 3. The van der Waals surface area contributed by atoms with Gasteiger partial charge >= 0.3 is 0 Å². The van der Waals surface area contributed by atoms with Crippen molar-refractivity contribution in [3.05, 3.63) is 53.6 Å². The number of fused-ring (bicyclic) bond motifs is 1. The number of nitrogens with one attached hydrogen (secondary N) is 1. The van der Waals surface area contributed by atoms with Gasteiger partial charge in [-0.1, -0.05) is 6.07 Å². The lowest BCUT2D eigenvalue weighted by molar-refractivity contribution is -0.116. The fraction of sp³-hybridized carbons (Fsp3) is 0.0667. The summed E-state index contributed by atoms with van der Waals surface area (Å²) < 4.78 is 5.66. The first-order chi connectivity index (χ1) is 10.0. The number of rotatable bonds is 3. The number of ether oxygens (including phenoxy) is 1. The van der Waals surface area contributed by atoms with Crippen LogP contribution in [0, 0.1) is 0 Å². The topological polar surface area (TPSA) is 107 Å². The summed E-state index contributed by atoms with van der Waals surface area (Å²) in [5, 5.41) is 2.69. The second-order valence-electron chi connectivity index (χ2n) is 4.71. The number of anilines is 1. The summed E-state index contributed by atoms with van der Waals surface area (Å²) in [4.78, 5) is 22.5. The molecule has 21 heavy (non-hydrogen) atoms. The molecule has 1 aliphatic rings. The third-order valence-electron chi connectivity index (χ3n) is 3.27. The molecule has 0 aromatic heterocycles. The van der Waals surface area contributed by atoms with E-state index in [0.29, 0.717) is 22.7 Å². The monoisotopic (exact) mass is 283 g/mol. The van der Waals surface area contributed by atoms with Gasteiger partial charge in [0.25, 0.3) is 0 Å². The van der Waals surface area contributed by atoms with Crippen molar-refractivity contribution in [2.45, 2.75) is 6.04 Å². The highest BCUT2D eigenvalue weighted by atomic mass is 16.5. The van der Waals surface area contributed by atoms with Crippen molar-refractivity contribution in [1.82, 2.24) is 0 Å². The number of nitrogens with two attached hydrogens (primary N) is 2. The fourth-order valence-corrected chi connectivity index (χ4v) is 2.15. The Morgan fingerprint density at radius 2 is 1.76 bits per heavy atom. The first-order valence-corrected chi connectivity index (χ1v) is 6.33. The highest BCUT2D eigenvalue weighted by Gasteiger charge is 2.27. The van der Waals surface area contributed by atoms with E-state index in [1.165, 1.54) is 0 Å². The molecule has 6 nitrogen and oxygen atoms in total. The van der Waals surface area contributed by atoms with Gasteiger partial charge in [0.05, 0.1) is 0 Å². The molecule has 0 radical (unpaired) electrons. The lowest BCUT2D eigenvalue weighted by atomic mass is 10.1. The predicted octanol–water partition coefficient (Wildman–Crippen LogP) is 1.53. The van der Waals surface area contributed by atoms with Crippen molar-refractivity contribution in [1.29, 1.82) is 0 Å². The van der Waals surface area contributed by atoms with E-state index in [1.807, 2.05) is 0 Å². The largest absolute Gasteiger partial charge is 0.457 e. The molecule has 2 aromatic rings. The average molecular weight is 283 g/mol. The van der Waals surface area contributed by atoms with E-state index < -0.39 is 11.9 Å². The molecule has 0 saturated carbocycles. The van der Waals surface area contributed by atoms with Gasteiger partial charge in [-0.15, -0.1) is 0 Å². The Morgan fingerprint density at radius 1 is 1.10 bits per heavy atom. The van der Waals surface area contributed by atoms with Gasteiger partial charge < -0.3 is 21.5 Å². The van der Waals surface area contributed by atoms with Gasteiger partial charge in [-0.3, -0.25) is 9.59 Å². The Labute approximate surface area is 120 Å². The fourth-order valence-electron chi connectivity index (χ4n) is 2.15. The molecule has 106 valence electrons. The number of carbonyl (C=O) groups excluding carboxylic acids is 2. The molecule has 1 heterocycles. The molecule has 1 aliphatic heterocycles. The van der Waals surface area contributed by atoms with Crippen LogP contribution in [0.5, 0.6) is 11.5 Å². The van der Waals surface area contributed by atoms with Crippen LogP contribution in [-0.2, 0) is 4.79 Å². The molecule has 1 unspecified atom stereocenters. The summed E-state index contributed by atoms with van der Waals surface area (Å²) in [5.41, 5.74) is 12.7. The minimum absolute atomic E-state index is 0.229. The van der Waals surface area contributed by atoms with E-state index in [1.54, 1.807) is 42.5 Å². The Balaban J connectivity index is 1.81. The first kappa shape index (κ1) is 13.1.